The lowest BCUT2D eigenvalue weighted by Gasteiger charge is -2.48. The maximum absolute atomic E-state index is 12.6. The van der Waals surface area contributed by atoms with Crippen molar-refractivity contribution in [3.8, 4) is 0 Å². The minimum absolute atomic E-state index is 0.160. The molecule has 1 atom stereocenters. The molecule has 0 bridgehead atoms. The van der Waals surface area contributed by atoms with Gasteiger partial charge in [0.25, 0.3) is 0 Å². The van der Waals surface area contributed by atoms with Crippen molar-refractivity contribution in [3.63, 3.8) is 0 Å². The van der Waals surface area contributed by atoms with Crippen LogP contribution >= 0.6 is 0 Å². The summed E-state index contributed by atoms with van der Waals surface area (Å²) in [5, 5.41) is 0. The summed E-state index contributed by atoms with van der Waals surface area (Å²) in [6, 6.07) is 4.00. The molecule has 2 aliphatic rings. The molecule has 2 aromatic rings. The third-order valence-corrected chi connectivity index (χ3v) is 6.12. The molecule has 4 rings (SSSR count). The molecule has 0 saturated carbocycles. The maximum Gasteiger partial charge on any atom is 0.222 e. The van der Waals surface area contributed by atoms with Crippen molar-refractivity contribution in [2.24, 2.45) is 5.41 Å². The third-order valence-electron chi connectivity index (χ3n) is 6.12. The van der Waals surface area contributed by atoms with E-state index >= 15 is 0 Å². The van der Waals surface area contributed by atoms with Gasteiger partial charge in [-0.2, -0.15) is 0 Å². The van der Waals surface area contributed by atoms with Crippen molar-refractivity contribution in [1.82, 2.24) is 19.9 Å². The van der Waals surface area contributed by atoms with E-state index in [1.54, 1.807) is 18.7 Å². The number of aryl methyl sites for hydroxylation is 1. The zero-order valence-corrected chi connectivity index (χ0v) is 16.7. The van der Waals surface area contributed by atoms with Crippen molar-refractivity contribution in [2.75, 3.05) is 24.5 Å². The van der Waals surface area contributed by atoms with Gasteiger partial charge in [-0.05, 0) is 43.4 Å². The number of aromatic nitrogens is 3. The Hall–Kier alpha value is -2.50. The zero-order chi connectivity index (χ0) is 19.4. The van der Waals surface area contributed by atoms with Gasteiger partial charge < -0.3 is 9.80 Å². The van der Waals surface area contributed by atoms with Crippen LogP contribution in [0.5, 0.6) is 0 Å². The summed E-state index contributed by atoms with van der Waals surface area (Å²) in [7, 11) is 0. The fourth-order valence-electron chi connectivity index (χ4n) is 4.76. The minimum Gasteiger partial charge on any atom is -0.356 e. The maximum atomic E-state index is 12.6. The van der Waals surface area contributed by atoms with Crippen molar-refractivity contribution < 1.29 is 4.79 Å². The Morgan fingerprint density at radius 3 is 2.82 bits per heavy atom. The molecule has 2 fully saturated rings. The number of hydrogen-bond acceptors (Lipinski definition) is 5. The second kappa shape index (κ2) is 8.25. The van der Waals surface area contributed by atoms with Crippen molar-refractivity contribution in [3.05, 3.63) is 48.2 Å². The smallest absolute Gasteiger partial charge is 0.222 e. The largest absolute Gasteiger partial charge is 0.356 e. The van der Waals surface area contributed by atoms with Gasteiger partial charge in [-0.25, -0.2) is 9.97 Å². The lowest BCUT2D eigenvalue weighted by molar-refractivity contribution is -0.138. The Bertz CT molecular complexity index is 812. The summed E-state index contributed by atoms with van der Waals surface area (Å²) in [4.78, 5) is 30.0. The number of hydrogen-bond donors (Lipinski definition) is 0. The molecule has 1 spiro atoms. The lowest BCUT2D eigenvalue weighted by Crippen LogP contribution is -2.54. The molecule has 2 aromatic heterocycles. The van der Waals surface area contributed by atoms with Gasteiger partial charge in [0.1, 0.15) is 12.1 Å². The Balaban J connectivity index is 1.52. The third kappa shape index (κ3) is 4.01. The Kier molecular flexibility index (Phi) is 5.55. The number of amides is 1. The van der Waals surface area contributed by atoms with Gasteiger partial charge in [-0.15, -0.1) is 0 Å². The molecule has 4 heterocycles. The first-order chi connectivity index (χ1) is 13.7. The minimum atomic E-state index is 0.160. The average Bonchev–Trinajstić information content (AvgIpc) is 2.73. The Morgan fingerprint density at radius 2 is 2.00 bits per heavy atom. The number of anilines is 1. The highest BCUT2D eigenvalue weighted by atomic mass is 16.2. The zero-order valence-electron chi connectivity index (χ0n) is 16.7. The summed E-state index contributed by atoms with van der Waals surface area (Å²) in [6.07, 6.45) is 13.3. The molecule has 0 unspecified atom stereocenters. The molecular weight excluding hydrogens is 350 g/mol. The van der Waals surface area contributed by atoms with Crippen molar-refractivity contribution >= 4 is 11.7 Å². The van der Waals surface area contributed by atoms with E-state index in [0.29, 0.717) is 13.0 Å². The molecule has 0 aliphatic carbocycles. The molecule has 28 heavy (non-hydrogen) atoms. The predicted molar refractivity (Wildman–Crippen MR) is 109 cm³/mol. The van der Waals surface area contributed by atoms with Crippen LogP contribution in [-0.4, -0.2) is 45.4 Å². The number of nitrogens with zero attached hydrogens (tertiary/aromatic N) is 5. The van der Waals surface area contributed by atoms with Crippen LogP contribution in [0.25, 0.3) is 0 Å². The first-order valence-electron chi connectivity index (χ1n) is 10.4. The topological polar surface area (TPSA) is 62.2 Å². The van der Waals surface area contributed by atoms with Crippen LogP contribution < -0.4 is 4.90 Å². The van der Waals surface area contributed by atoms with Crippen LogP contribution in [0.15, 0.2) is 37.1 Å². The second-order valence-corrected chi connectivity index (χ2v) is 8.25. The molecule has 0 aromatic carbocycles. The van der Waals surface area contributed by atoms with E-state index in [1.807, 2.05) is 18.3 Å². The SMILES string of the molecule is CCCc1cncnc1N1CCC[C@@]2(CCC(=O)N(Cc3ccncc3)C2)C1. The highest BCUT2D eigenvalue weighted by Gasteiger charge is 2.42. The Morgan fingerprint density at radius 1 is 1.14 bits per heavy atom. The quantitative estimate of drug-likeness (QED) is 0.798. The molecule has 2 saturated heterocycles. The van der Waals surface area contributed by atoms with Gasteiger partial charge in [-0.1, -0.05) is 13.3 Å². The molecular formula is C22H29N5O. The van der Waals surface area contributed by atoms with Crippen LogP contribution in [-0.2, 0) is 17.8 Å². The summed E-state index contributed by atoms with van der Waals surface area (Å²) in [5.74, 6) is 1.36. The summed E-state index contributed by atoms with van der Waals surface area (Å²) < 4.78 is 0. The monoisotopic (exact) mass is 379 g/mol. The molecule has 6 heteroatoms. The van der Waals surface area contributed by atoms with Crippen LogP contribution in [0.4, 0.5) is 5.82 Å². The van der Waals surface area contributed by atoms with Gasteiger partial charge in [0.05, 0.1) is 0 Å². The number of likely N-dealkylation sites (tertiary alicyclic amines) is 1. The van der Waals surface area contributed by atoms with Crippen LogP contribution in [0, 0.1) is 5.41 Å². The molecule has 0 N–H and O–H groups in total. The van der Waals surface area contributed by atoms with E-state index in [0.717, 1.165) is 56.7 Å². The van der Waals surface area contributed by atoms with Gasteiger partial charge in [0, 0.05) is 62.2 Å². The molecule has 0 radical (unpaired) electrons. The highest BCUT2D eigenvalue weighted by molar-refractivity contribution is 5.77. The van der Waals surface area contributed by atoms with Crippen LogP contribution in [0.2, 0.25) is 0 Å². The van der Waals surface area contributed by atoms with E-state index in [-0.39, 0.29) is 11.3 Å². The first kappa shape index (κ1) is 18.8. The van der Waals surface area contributed by atoms with Crippen molar-refractivity contribution in [1.29, 1.82) is 0 Å². The Labute approximate surface area is 167 Å². The van der Waals surface area contributed by atoms with E-state index in [9.17, 15) is 4.79 Å². The fourth-order valence-corrected chi connectivity index (χ4v) is 4.76. The van der Waals surface area contributed by atoms with Gasteiger partial charge >= 0.3 is 0 Å². The first-order valence-corrected chi connectivity index (χ1v) is 10.4. The normalized spacial score (nSPS) is 22.7. The average molecular weight is 380 g/mol. The second-order valence-electron chi connectivity index (χ2n) is 8.25. The van der Waals surface area contributed by atoms with E-state index in [1.165, 1.54) is 12.0 Å². The standard InChI is InChI=1S/C22H29N5O/c1-2-4-19-13-24-17-25-21(19)26-12-3-8-22(15-26)9-5-20(28)27(16-22)14-18-6-10-23-11-7-18/h6-7,10-11,13,17H,2-5,8-9,12,14-16H2,1H3/t22-/m1/s1. The van der Waals surface area contributed by atoms with Gasteiger partial charge in [0.15, 0.2) is 0 Å². The number of piperidine rings is 2. The van der Waals surface area contributed by atoms with Crippen LogP contribution in [0.3, 0.4) is 0 Å². The number of rotatable bonds is 5. The lowest BCUT2D eigenvalue weighted by atomic mass is 9.73. The summed E-state index contributed by atoms with van der Waals surface area (Å²) >= 11 is 0. The number of carbonyl (C=O) groups excluding carboxylic acids is 1. The van der Waals surface area contributed by atoms with Crippen molar-refractivity contribution in [2.45, 2.75) is 52.0 Å². The molecule has 2 aliphatic heterocycles. The molecule has 148 valence electrons. The molecule has 6 nitrogen and oxygen atoms in total. The van der Waals surface area contributed by atoms with E-state index in [4.69, 9.17) is 0 Å². The van der Waals surface area contributed by atoms with Gasteiger partial charge in [0.2, 0.25) is 5.91 Å². The van der Waals surface area contributed by atoms with Gasteiger partial charge in [-0.3, -0.25) is 9.78 Å². The molecule has 1 amide bonds. The van der Waals surface area contributed by atoms with E-state index in [2.05, 4.69) is 31.7 Å². The summed E-state index contributed by atoms with van der Waals surface area (Å²) in [5.41, 5.74) is 2.55. The van der Waals surface area contributed by atoms with Crippen LogP contribution in [0.1, 0.15) is 50.2 Å². The highest BCUT2D eigenvalue weighted by Crippen LogP contribution is 2.40. The number of pyridine rings is 1. The number of carbonyl (C=O) groups is 1. The van der Waals surface area contributed by atoms with E-state index < -0.39 is 0 Å². The predicted octanol–water partition coefficient (Wildman–Crippen LogP) is 3.23. The fraction of sp³-hybridized carbons (Fsp3) is 0.545. The summed E-state index contributed by atoms with van der Waals surface area (Å²) in [6.45, 7) is 5.71.